The summed E-state index contributed by atoms with van der Waals surface area (Å²) in [7, 11) is 1.33. The Bertz CT molecular complexity index is 1020. The normalized spacial score (nSPS) is 42.3. The first-order valence-corrected chi connectivity index (χ1v) is 14.0. The van der Waals surface area contributed by atoms with Crippen LogP contribution in [0.1, 0.15) is 44.1 Å². The number of hydrogen-bond donors (Lipinski definition) is 2. The monoisotopic (exact) mass is 546 g/mol. The largest absolute Gasteiger partial charge is 0.466 e. The molecular formula is C29H38O10. The first kappa shape index (κ1) is 27.3. The lowest BCUT2D eigenvalue weighted by Crippen LogP contribution is -2.58. The van der Waals surface area contributed by atoms with Crippen LogP contribution in [0.5, 0.6) is 0 Å². The summed E-state index contributed by atoms with van der Waals surface area (Å²) in [6.45, 7) is 0.369. The Morgan fingerprint density at radius 2 is 1.85 bits per heavy atom. The van der Waals surface area contributed by atoms with Gasteiger partial charge in [-0.1, -0.05) is 36.4 Å². The van der Waals surface area contributed by atoms with Crippen LogP contribution in [0.25, 0.3) is 0 Å². The van der Waals surface area contributed by atoms with E-state index in [1.54, 1.807) is 6.08 Å². The van der Waals surface area contributed by atoms with Gasteiger partial charge in [-0.3, -0.25) is 0 Å². The van der Waals surface area contributed by atoms with Crippen LogP contribution in [0.15, 0.2) is 42.5 Å². The Balaban J connectivity index is 1.06. The van der Waals surface area contributed by atoms with Crippen LogP contribution >= 0.6 is 0 Å². The lowest BCUT2D eigenvalue weighted by Gasteiger charge is -2.41. The van der Waals surface area contributed by atoms with Crippen molar-refractivity contribution in [3.63, 3.8) is 0 Å². The van der Waals surface area contributed by atoms with E-state index in [2.05, 4.69) is 4.74 Å². The topological polar surface area (TPSA) is 122 Å². The number of benzene rings is 1. The van der Waals surface area contributed by atoms with Gasteiger partial charge in [0.25, 0.3) is 0 Å². The van der Waals surface area contributed by atoms with Gasteiger partial charge in [0.2, 0.25) is 0 Å². The van der Waals surface area contributed by atoms with Gasteiger partial charge in [-0.25, -0.2) is 4.79 Å². The molecule has 1 aromatic carbocycles. The van der Waals surface area contributed by atoms with E-state index in [1.807, 2.05) is 30.3 Å². The number of aliphatic hydroxyl groups excluding tert-OH is 2. The summed E-state index contributed by atoms with van der Waals surface area (Å²) in [4.78, 5) is 11.3. The van der Waals surface area contributed by atoms with Gasteiger partial charge in [-0.15, -0.1) is 0 Å². The minimum atomic E-state index is -0.881. The molecule has 214 valence electrons. The number of ether oxygens (including phenoxy) is 7. The van der Waals surface area contributed by atoms with E-state index < -0.39 is 30.1 Å². The van der Waals surface area contributed by atoms with E-state index >= 15 is 0 Å². The second-order valence-corrected chi connectivity index (χ2v) is 11.1. The molecule has 2 N–H and O–H groups in total. The Morgan fingerprint density at radius 1 is 1.05 bits per heavy atom. The molecule has 7 rings (SSSR count). The zero-order valence-corrected chi connectivity index (χ0v) is 22.1. The van der Waals surface area contributed by atoms with Crippen LogP contribution in [0, 0.1) is 0 Å². The quantitative estimate of drug-likeness (QED) is 0.314. The molecule has 6 bridgehead atoms. The highest BCUT2D eigenvalue weighted by molar-refractivity contribution is 5.81. The SMILES string of the molecule is COC(=O)/C=C/CC[C@@H]1O[C@@H]2[C@H]3O[C@H]4C[C@@](CC[C@H]5C[C@H](OCc6ccccc6)[C@H](CO)O5)(O[C@H]24)O[C@H]3[C@H]1O. The van der Waals surface area contributed by atoms with E-state index in [9.17, 15) is 15.0 Å². The van der Waals surface area contributed by atoms with Gasteiger partial charge in [0.05, 0.1) is 44.7 Å². The Morgan fingerprint density at radius 3 is 2.64 bits per heavy atom. The van der Waals surface area contributed by atoms with Crippen LogP contribution < -0.4 is 0 Å². The third kappa shape index (κ3) is 5.54. The van der Waals surface area contributed by atoms with Crippen molar-refractivity contribution in [2.24, 2.45) is 0 Å². The Kier molecular flexibility index (Phi) is 8.07. The third-order valence-electron chi connectivity index (χ3n) is 8.62. The number of carbonyl (C=O) groups is 1. The van der Waals surface area contributed by atoms with Gasteiger partial charge in [0, 0.05) is 25.3 Å². The van der Waals surface area contributed by atoms with Gasteiger partial charge in [-0.05, 0) is 24.8 Å². The number of carbonyl (C=O) groups excluding carboxylic acids is 1. The van der Waals surface area contributed by atoms with E-state index in [1.165, 1.54) is 13.2 Å². The van der Waals surface area contributed by atoms with Crippen molar-refractivity contribution in [1.29, 1.82) is 0 Å². The molecule has 0 spiro atoms. The molecule has 39 heavy (non-hydrogen) atoms. The fourth-order valence-corrected chi connectivity index (χ4v) is 6.68. The van der Waals surface area contributed by atoms with Gasteiger partial charge in [-0.2, -0.15) is 0 Å². The summed E-state index contributed by atoms with van der Waals surface area (Å²) in [6, 6.07) is 9.96. The van der Waals surface area contributed by atoms with Crippen LogP contribution in [0.2, 0.25) is 0 Å². The molecule has 10 heteroatoms. The maximum absolute atomic E-state index is 11.3. The maximum Gasteiger partial charge on any atom is 0.330 e. The second-order valence-electron chi connectivity index (χ2n) is 11.1. The van der Waals surface area contributed by atoms with E-state index in [4.69, 9.17) is 28.4 Å². The van der Waals surface area contributed by atoms with Crippen molar-refractivity contribution in [2.45, 2.75) is 112 Å². The number of allylic oxidation sites excluding steroid dienone is 1. The molecule has 10 nitrogen and oxygen atoms in total. The predicted octanol–water partition coefficient (Wildman–Crippen LogP) is 1.79. The highest BCUT2D eigenvalue weighted by Gasteiger charge is 2.67. The van der Waals surface area contributed by atoms with Gasteiger partial charge >= 0.3 is 5.97 Å². The average molecular weight is 547 g/mol. The molecule has 6 aliphatic heterocycles. The molecule has 0 aromatic heterocycles. The molecule has 0 amide bonds. The first-order valence-electron chi connectivity index (χ1n) is 14.0. The predicted molar refractivity (Wildman–Crippen MR) is 135 cm³/mol. The minimum Gasteiger partial charge on any atom is -0.466 e. The molecule has 0 aliphatic carbocycles. The molecule has 1 aromatic rings. The zero-order chi connectivity index (χ0) is 27.0. The van der Waals surface area contributed by atoms with Crippen molar-refractivity contribution in [1.82, 2.24) is 0 Å². The number of rotatable bonds is 11. The molecule has 6 fully saturated rings. The standard InChI is InChI=1S/C29H38O10/c1-33-23(31)10-6-5-9-19-24(32)26-28-27(36-19)25-21(37-28)14-29(38-25,39-26)12-11-18-13-20(22(15-30)35-18)34-16-17-7-3-2-4-8-17/h2-4,6-8,10,18-22,24-28,30,32H,5,9,11-16H2,1H3/b10-6+/t18-,19-,20-,21-,22-,24-,25-,26-,27-,28-,29-/m0/s1. The molecule has 6 aliphatic rings. The smallest absolute Gasteiger partial charge is 0.330 e. The number of aliphatic hydroxyl groups is 2. The van der Waals surface area contributed by atoms with Crippen molar-refractivity contribution >= 4 is 5.97 Å². The number of hydrogen-bond acceptors (Lipinski definition) is 10. The lowest BCUT2D eigenvalue weighted by molar-refractivity contribution is -0.273. The average Bonchev–Trinajstić information content (AvgIpc) is 3.55. The summed E-state index contributed by atoms with van der Waals surface area (Å²) < 4.78 is 42.5. The number of esters is 1. The van der Waals surface area contributed by atoms with E-state index in [0.29, 0.717) is 45.1 Å². The fourth-order valence-electron chi connectivity index (χ4n) is 6.68. The molecule has 0 radical (unpaired) electrons. The molecule has 11 atom stereocenters. The third-order valence-corrected chi connectivity index (χ3v) is 8.62. The fraction of sp³-hybridized carbons (Fsp3) is 0.690. The second kappa shape index (κ2) is 11.5. The minimum absolute atomic E-state index is 0.0994. The van der Waals surface area contributed by atoms with Crippen molar-refractivity contribution in [3.8, 4) is 0 Å². The van der Waals surface area contributed by atoms with Crippen LogP contribution in [0.3, 0.4) is 0 Å². The van der Waals surface area contributed by atoms with Crippen LogP contribution in [-0.2, 0) is 44.6 Å². The summed E-state index contributed by atoms with van der Waals surface area (Å²) in [5, 5.41) is 21.1. The molecule has 0 saturated carbocycles. The molecule has 0 unspecified atom stereocenters. The van der Waals surface area contributed by atoms with Crippen molar-refractivity contribution in [2.75, 3.05) is 13.7 Å². The van der Waals surface area contributed by atoms with Gasteiger partial charge in [0.15, 0.2) is 5.79 Å². The Hall–Kier alpha value is -1.89. The van der Waals surface area contributed by atoms with E-state index in [0.717, 1.165) is 5.56 Å². The molecule has 6 saturated heterocycles. The molecule has 6 heterocycles. The van der Waals surface area contributed by atoms with Gasteiger partial charge < -0.3 is 43.4 Å². The summed E-state index contributed by atoms with van der Waals surface area (Å²) in [6.07, 6.45) is 3.05. The summed E-state index contributed by atoms with van der Waals surface area (Å²) in [5.74, 6) is -1.29. The van der Waals surface area contributed by atoms with Crippen LogP contribution in [-0.4, -0.2) is 96.7 Å². The lowest BCUT2D eigenvalue weighted by atomic mass is 9.89. The highest BCUT2D eigenvalue weighted by Crippen LogP contribution is 2.53. The van der Waals surface area contributed by atoms with Gasteiger partial charge in [0.1, 0.15) is 36.6 Å². The van der Waals surface area contributed by atoms with E-state index in [-0.39, 0.29) is 49.3 Å². The summed E-state index contributed by atoms with van der Waals surface area (Å²) in [5.41, 5.74) is 1.08. The summed E-state index contributed by atoms with van der Waals surface area (Å²) >= 11 is 0. The number of methoxy groups -OCH3 is 1. The first-order chi connectivity index (χ1) is 19.0. The molecular weight excluding hydrogens is 508 g/mol. The van der Waals surface area contributed by atoms with Crippen molar-refractivity contribution in [3.05, 3.63) is 48.0 Å². The Labute approximate surface area is 228 Å². The zero-order valence-electron chi connectivity index (χ0n) is 22.1. The maximum atomic E-state index is 11.3. The van der Waals surface area contributed by atoms with Crippen molar-refractivity contribution < 1.29 is 48.2 Å². The highest BCUT2D eigenvalue weighted by atomic mass is 16.8. The van der Waals surface area contributed by atoms with Crippen LogP contribution in [0.4, 0.5) is 0 Å².